The summed E-state index contributed by atoms with van der Waals surface area (Å²) in [5, 5.41) is 5.92. The summed E-state index contributed by atoms with van der Waals surface area (Å²) in [5.41, 5.74) is 1.71. The number of hydrogen-bond donors (Lipinski definition) is 2. The minimum atomic E-state index is -0.382. The van der Waals surface area contributed by atoms with Gasteiger partial charge in [-0.05, 0) is 55.5 Å². The standard InChI is InChI=1S/C22H19ClN2O3/c1-2-28-16-13-11-15(12-14-16)24-22(27)18-8-4-6-10-20(18)25-21(26)17-7-3-5-9-19(17)23/h3-14H,2H2,1H3,(H,24,27)(H,25,26). The number of ether oxygens (including phenoxy) is 1. The Morgan fingerprint density at radius 2 is 1.43 bits per heavy atom. The molecule has 3 aromatic rings. The SMILES string of the molecule is CCOc1ccc(NC(=O)c2ccccc2NC(=O)c2ccccc2Cl)cc1. The number of para-hydroxylation sites is 1. The van der Waals surface area contributed by atoms with E-state index in [1.54, 1.807) is 72.8 Å². The van der Waals surface area contributed by atoms with Crippen molar-refractivity contribution < 1.29 is 14.3 Å². The first-order valence-electron chi connectivity index (χ1n) is 8.77. The van der Waals surface area contributed by atoms with Crippen molar-refractivity contribution in [3.8, 4) is 5.75 Å². The van der Waals surface area contributed by atoms with Crippen LogP contribution in [0, 0.1) is 0 Å². The number of carbonyl (C=O) groups is 2. The first-order valence-corrected chi connectivity index (χ1v) is 9.15. The van der Waals surface area contributed by atoms with Crippen molar-refractivity contribution in [1.82, 2.24) is 0 Å². The molecule has 0 aliphatic rings. The molecular weight excluding hydrogens is 376 g/mol. The minimum absolute atomic E-state index is 0.334. The molecule has 0 bridgehead atoms. The molecule has 0 saturated heterocycles. The Balaban J connectivity index is 1.76. The normalized spacial score (nSPS) is 10.2. The summed E-state index contributed by atoms with van der Waals surface area (Å²) >= 11 is 6.08. The molecule has 0 aliphatic heterocycles. The largest absolute Gasteiger partial charge is 0.494 e. The van der Waals surface area contributed by atoms with Crippen molar-refractivity contribution in [1.29, 1.82) is 0 Å². The number of nitrogens with one attached hydrogen (secondary N) is 2. The fraction of sp³-hybridized carbons (Fsp3) is 0.0909. The Bertz CT molecular complexity index is 987. The van der Waals surface area contributed by atoms with E-state index in [0.717, 1.165) is 5.75 Å². The molecule has 142 valence electrons. The van der Waals surface area contributed by atoms with E-state index in [0.29, 0.717) is 34.1 Å². The van der Waals surface area contributed by atoms with Gasteiger partial charge in [0.1, 0.15) is 5.75 Å². The quantitative estimate of drug-likeness (QED) is 0.600. The zero-order valence-electron chi connectivity index (χ0n) is 15.2. The average Bonchev–Trinajstić information content (AvgIpc) is 2.70. The maximum absolute atomic E-state index is 12.7. The van der Waals surface area contributed by atoms with Crippen LogP contribution in [-0.4, -0.2) is 18.4 Å². The van der Waals surface area contributed by atoms with Gasteiger partial charge in [0.15, 0.2) is 0 Å². The Morgan fingerprint density at radius 3 is 2.11 bits per heavy atom. The fourth-order valence-corrected chi connectivity index (χ4v) is 2.85. The number of amides is 2. The molecule has 0 saturated carbocycles. The van der Waals surface area contributed by atoms with Gasteiger partial charge in [-0.15, -0.1) is 0 Å². The van der Waals surface area contributed by atoms with Crippen LogP contribution in [0.2, 0.25) is 5.02 Å². The molecule has 28 heavy (non-hydrogen) atoms. The summed E-state index contributed by atoms with van der Waals surface area (Å²) < 4.78 is 5.39. The molecule has 0 atom stereocenters. The highest BCUT2D eigenvalue weighted by molar-refractivity contribution is 6.34. The van der Waals surface area contributed by atoms with Crippen LogP contribution < -0.4 is 15.4 Å². The Morgan fingerprint density at radius 1 is 0.821 bits per heavy atom. The molecule has 0 radical (unpaired) electrons. The predicted molar refractivity (Wildman–Crippen MR) is 111 cm³/mol. The Hall–Kier alpha value is -3.31. The zero-order chi connectivity index (χ0) is 19.9. The summed E-state index contributed by atoms with van der Waals surface area (Å²) in [7, 11) is 0. The van der Waals surface area contributed by atoms with Crippen LogP contribution in [0.1, 0.15) is 27.6 Å². The Kier molecular flexibility index (Phi) is 6.29. The highest BCUT2D eigenvalue weighted by Crippen LogP contribution is 2.22. The molecule has 0 aliphatic carbocycles. The summed E-state index contributed by atoms with van der Waals surface area (Å²) in [6.07, 6.45) is 0. The second-order valence-corrected chi connectivity index (χ2v) is 6.30. The second kappa shape index (κ2) is 9.06. The monoisotopic (exact) mass is 394 g/mol. The predicted octanol–water partition coefficient (Wildman–Crippen LogP) is 5.24. The van der Waals surface area contributed by atoms with Gasteiger partial charge in [-0.3, -0.25) is 9.59 Å². The third kappa shape index (κ3) is 4.69. The van der Waals surface area contributed by atoms with Gasteiger partial charge in [-0.25, -0.2) is 0 Å². The highest BCUT2D eigenvalue weighted by Gasteiger charge is 2.15. The van der Waals surface area contributed by atoms with E-state index in [2.05, 4.69) is 10.6 Å². The smallest absolute Gasteiger partial charge is 0.257 e. The molecule has 0 spiro atoms. The van der Waals surface area contributed by atoms with Crippen LogP contribution in [0.4, 0.5) is 11.4 Å². The van der Waals surface area contributed by atoms with Crippen molar-refractivity contribution in [2.75, 3.05) is 17.2 Å². The molecule has 5 nitrogen and oxygen atoms in total. The summed E-state index contributed by atoms with van der Waals surface area (Å²) in [4.78, 5) is 25.2. The van der Waals surface area contributed by atoms with Gasteiger partial charge in [0.25, 0.3) is 11.8 Å². The van der Waals surface area contributed by atoms with Crippen LogP contribution in [0.5, 0.6) is 5.75 Å². The maximum atomic E-state index is 12.7. The third-order valence-electron chi connectivity index (χ3n) is 3.96. The lowest BCUT2D eigenvalue weighted by Crippen LogP contribution is -2.18. The van der Waals surface area contributed by atoms with Gasteiger partial charge >= 0.3 is 0 Å². The lowest BCUT2D eigenvalue weighted by Gasteiger charge is -2.12. The van der Waals surface area contributed by atoms with E-state index in [4.69, 9.17) is 16.3 Å². The molecule has 0 unspecified atom stereocenters. The van der Waals surface area contributed by atoms with Crippen LogP contribution in [-0.2, 0) is 0 Å². The molecule has 2 N–H and O–H groups in total. The van der Waals surface area contributed by atoms with E-state index in [-0.39, 0.29) is 11.8 Å². The van der Waals surface area contributed by atoms with Gasteiger partial charge in [-0.1, -0.05) is 35.9 Å². The molecule has 3 rings (SSSR count). The van der Waals surface area contributed by atoms with Gasteiger partial charge in [0.2, 0.25) is 0 Å². The molecule has 6 heteroatoms. The number of anilines is 2. The molecular formula is C22H19ClN2O3. The molecule has 0 aromatic heterocycles. The lowest BCUT2D eigenvalue weighted by molar-refractivity contribution is 0.102. The van der Waals surface area contributed by atoms with Gasteiger partial charge in [0.05, 0.1) is 28.4 Å². The number of benzene rings is 3. The molecule has 3 aromatic carbocycles. The van der Waals surface area contributed by atoms with Crippen molar-refractivity contribution in [2.24, 2.45) is 0 Å². The van der Waals surface area contributed by atoms with E-state index < -0.39 is 0 Å². The van der Waals surface area contributed by atoms with Crippen molar-refractivity contribution in [2.45, 2.75) is 6.92 Å². The molecule has 0 fully saturated rings. The zero-order valence-corrected chi connectivity index (χ0v) is 16.0. The van der Waals surface area contributed by atoms with Crippen LogP contribution >= 0.6 is 11.6 Å². The highest BCUT2D eigenvalue weighted by atomic mass is 35.5. The average molecular weight is 395 g/mol. The number of rotatable bonds is 6. The summed E-state index contributed by atoms with van der Waals surface area (Å²) in [6.45, 7) is 2.48. The van der Waals surface area contributed by atoms with E-state index in [1.165, 1.54) is 0 Å². The van der Waals surface area contributed by atoms with E-state index in [9.17, 15) is 9.59 Å². The number of hydrogen-bond acceptors (Lipinski definition) is 3. The van der Waals surface area contributed by atoms with E-state index >= 15 is 0 Å². The van der Waals surface area contributed by atoms with Crippen molar-refractivity contribution >= 4 is 34.8 Å². The first-order chi connectivity index (χ1) is 13.6. The van der Waals surface area contributed by atoms with Gasteiger partial charge in [-0.2, -0.15) is 0 Å². The molecule has 0 heterocycles. The topological polar surface area (TPSA) is 67.4 Å². The third-order valence-corrected chi connectivity index (χ3v) is 4.29. The lowest BCUT2D eigenvalue weighted by atomic mass is 10.1. The first kappa shape index (κ1) is 19.5. The number of carbonyl (C=O) groups excluding carboxylic acids is 2. The van der Waals surface area contributed by atoms with Crippen molar-refractivity contribution in [3.63, 3.8) is 0 Å². The Labute approximate surface area is 168 Å². The van der Waals surface area contributed by atoms with Gasteiger partial charge in [0, 0.05) is 5.69 Å². The van der Waals surface area contributed by atoms with Crippen LogP contribution in [0.25, 0.3) is 0 Å². The van der Waals surface area contributed by atoms with Crippen LogP contribution in [0.3, 0.4) is 0 Å². The maximum Gasteiger partial charge on any atom is 0.257 e. The number of halogens is 1. The van der Waals surface area contributed by atoms with Gasteiger partial charge < -0.3 is 15.4 Å². The molecule has 2 amide bonds. The summed E-state index contributed by atoms with van der Waals surface area (Å²) in [6, 6.07) is 20.6. The fourth-order valence-electron chi connectivity index (χ4n) is 2.62. The summed E-state index contributed by atoms with van der Waals surface area (Å²) in [5.74, 6) is 0.0130. The van der Waals surface area contributed by atoms with E-state index in [1.807, 2.05) is 6.92 Å². The van der Waals surface area contributed by atoms with Crippen LogP contribution in [0.15, 0.2) is 72.8 Å². The second-order valence-electron chi connectivity index (χ2n) is 5.89. The minimum Gasteiger partial charge on any atom is -0.494 e. The van der Waals surface area contributed by atoms with Crippen molar-refractivity contribution in [3.05, 3.63) is 88.9 Å².